The van der Waals surface area contributed by atoms with Gasteiger partial charge in [-0.1, -0.05) is 12.8 Å². The first kappa shape index (κ1) is 15.5. The van der Waals surface area contributed by atoms with Crippen LogP contribution in [0.1, 0.15) is 65.1 Å². The molecule has 0 radical (unpaired) electrons. The van der Waals surface area contributed by atoms with Gasteiger partial charge >= 0.3 is 5.97 Å². The normalized spacial score (nSPS) is 25.1. The molecule has 3 rings (SSSR count). The van der Waals surface area contributed by atoms with Gasteiger partial charge in [-0.15, -0.1) is 11.3 Å². The predicted molar refractivity (Wildman–Crippen MR) is 86.4 cm³/mol. The first-order valence-electron chi connectivity index (χ1n) is 8.28. The number of hydrogen-bond acceptors (Lipinski definition) is 3. The van der Waals surface area contributed by atoms with E-state index in [9.17, 15) is 9.59 Å². The summed E-state index contributed by atoms with van der Waals surface area (Å²) in [6.07, 6.45) is 9.20. The molecule has 1 aromatic heterocycles. The third-order valence-electron chi connectivity index (χ3n) is 4.84. The molecule has 0 unspecified atom stereocenters. The molecule has 1 amide bonds. The number of carbonyl (C=O) groups is 2. The van der Waals surface area contributed by atoms with Gasteiger partial charge in [-0.2, -0.15) is 0 Å². The molecule has 2 aliphatic carbocycles. The molecule has 120 valence electrons. The van der Waals surface area contributed by atoms with Crippen LogP contribution >= 0.6 is 11.3 Å². The molecule has 22 heavy (non-hydrogen) atoms. The zero-order valence-corrected chi connectivity index (χ0v) is 13.6. The molecule has 2 atom stereocenters. The Labute approximate surface area is 134 Å². The number of nitrogens with one attached hydrogen (secondary N) is 1. The molecule has 0 spiro atoms. The smallest absolute Gasteiger partial charge is 0.306 e. The lowest BCUT2D eigenvalue weighted by atomic mass is 10.00. The van der Waals surface area contributed by atoms with Crippen molar-refractivity contribution >= 4 is 23.2 Å². The average molecular weight is 321 g/mol. The van der Waals surface area contributed by atoms with Crippen LogP contribution in [0.25, 0.3) is 0 Å². The molecule has 2 aliphatic rings. The summed E-state index contributed by atoms with van der Waals surface area (Å²) >= 11 is 1.63. The zero-order chi connectivity index (χ0) is 15.5. The van der Waals surface area contributed by atoms with Gasteiger partial charge in [-0.05, 0) is 56.6 Å². The second kappa shape index (κ2) is 6.82. The number of fused-ring (bicyclic) bond motifs is 1. The second-order valence-corrected chi connectivity index (χ2v) is 7.63. The van der Waals surface area contributed by atoms with Gasteiger partial charge in [-0.25, -0.2) is 0 Å². The Hall–Kier alpha value is -1.36. The molecule has 0 aromatic carbocycles. The number of aliphatic carboxylic acids is 1. The molecular formula is C17H23NO3S. The summed E-state index contributed by atoms with van der Waals surface area (Å²) < 4.78 is 0. The van der Waals surface area contributed by atoms with Gasteiger partial charge in [0, 0.05) is 10.9 Å². The van der Waals surface area contributed by atoms with Crippen molar-refractivity contribution in [2.24, 2.45) is 5.92 Å². The van der Waals surface area contributed by atoms with Crippen LogP contribution in [0.4, 0.5) is 0 Å². The molecule has 0 saturated heterocycles. The Balaban J connectivity index is 1.63. The van der Waals surface area contributed by atoms with Crippen LogP contribution in [-0.2, 0) is 17.6 Å². The maximum absolute atomic E-state index is 12.4. The highest BCUT2D eigenvalue weighted by molar-refractivity contribution is 7.14. The van der Waals surface area contributed by atoms with Gasteiger partial charge < -0.3 is 10.4 Å². The fourth-order valence-corrected chi connectivity index (χ4v) is 4.71. The van der Waals surface area contributed by atoms with Crippen LogP contribution in [-0.4, -0.2) is 23.0 Å². The molecule has 1 heterocycles. The van der Waals surface area contributed by atoms with E-state index in [-0.39, 0.29) is 17.9 Å². The minimum Gasteiger partial charge on any atom is -0.481 e. The topological polar surface area (TPSA) is 66.4 Å². The van der Waals surface area contributed by atoms with E-state index in [2.05, 4.69) is 11.4 Å². The van der Waals surface area contributed by atoms with Crippen molar-refractivity contribution in [3.8, 4) is 0 Å². The Morgan fingerprint density at radius 1 is 1.14 bits per heavy atom. The molecule has 2 N–H and O–H groups in total. The van der Waals surface area contributed by atoms with Crippen LogP contribution in [0.3, 0.4) is 0 Å². The Bertz CT molecular complexity index is 541. The highest BCUT2D eigenvalue weighted by Gasteiger charge is 2.31. The Kier molecular flexibility index (Phi) is 4.81. The molecule has 0 aliphatic heterocycles. The van der Waals surface area contributed by atoms with Crippen molar-refractivity contribution < 1.29 is 14.7 Å². The van der Waals surface area contributed by atoms with Gasteiger partial charge in [-0.3, -0.25) is 9.59 Å². The molecule has 1 saturated carbocycles. The summed E-state index contributed by atoms with van der Waals surface area (Å²) in [4.78, 5) is 25.6. The molecular weight excluding hydrogens is 298 g/mol. The zero-order valence-electron chi connectivity index (χ0n) is 12.8. The van der Waals surface area contributed by atoms with Crippen molar-refractivity contribution in [2.75, 3.05) is 0 Å². The van der Waals surface area contributed by atoms with Gasteiger partial charge in [0.25, 0.3) is 5.91 Å². The fourth-order valence-electron chi connectivity index (χ4n) is 3.55. The summed E-state index contributed by atoms with van der Waals surface area (Å²) in [5.41, 5.74) is 1.35. The third-order valence-corrected chi connectivity index (χ3v) is 6.07. The van der Waals surface area contributed by atoms with E-state index in [1.807, 2.05) is 0 Å². The quantitative estimate of drug-likeness (QED) is 0.897. The number of thiophene rings is 1. The van der Waals surface area contributed by atoms with Crippen molar-refractivity contribution in [1.82, 2.24) is 5.32 Å². The molecule has 1 aromatic rings. The largest absolute Gasteiger partial charge is 0.481 e. The number of hydrogen-bond donors (Lipinski definition) is 2. The minimum atomic E-state index is -0.740. The first-order valence-corrected chi connectivity index (χ1v) is 9.10. The van der Waals surface area contributed by atoms with Crippen molar-refractivity contribution in [1.29, 1.82) is 0 Å². The number of carbonyl (C=O) groups excluding carboxylic acids is 1. The predicted octanol–water partition coefficient (Wildman–Crippen LogP) is 3.39. The highest BCUT2D eigenvalue weighted by Crippen LogP contribution is 2.30. The van der Waals surface area contributed by atoms with Crippen molar-refractivity contribution in [2.45, 2.75) is 63.8 Å². The van der Waals surface area contributed by atoms with Crippen LogP contribution in [0.15, 0.2) is 6.07 Å². The Morgan fingerprint density at radius 2 is 1.91 bits per heavy atom. The number of carboxylic acid groups (broad SMARTS) is 1. The molecule has 4 nitrogen and oxygen atoms in total. The van der Waals surface area contributed by atoms with E-state index >= 15 is 0 Å². The monoisotopic (exact) mass is 321 g/mol. The first-order chi connectivity index (χ1) is 10.6. The SMILES string of the molecule is O=C(N[C@@H]1CC[C@H](C(=O)O)C1)c1cc2c(s1)CCCCCC2. The lowest BCUT2D eigenvalue weighted by molar-refractivity contribution is -0.141. The fraction of sp³-hybridized carbons (Fsp3) is 0.647. The van der Waals surface area contributed by atoms with Crippen LogP contribution in [0.5, 0.6) is 0 Å². The lowest BCUT2D eigenvalue weighted by Crippen LogP contribution is -2.32. The van der Waals surface area contributed by atoms with E-state index in [1.54, 1.807) is 11.3 Å². The summed E-state index contributed by atoms with van der Waals surface area (Å²) in [6.45, 7) is 0. The second-order valence-electron chi connectivity index (χ2n) is 6.49. The summed E-state index contributed by atoms with van der Waals surface area (Å²) in [7, 11) is 0. The maximum Gasteiger partial charge on any atom is 0.306 e. The summed E-state index contributed by atoms with van der Waals surface area (Å²) in [5.74, 6) is -1.06. The lowest BCUT2D eigenvalue weighted by Gasteiger charge is -2.11. The van der Waals surface area contributed by atoms with E-state index in [0.717, 1.165) is 24.1 Å². The van der Waals surface area contributed by atoms with Gasteiger partial charge in [0.05, 0.1) is 10.8 Å². The summed E-state index contributed by atoms with van der Waals surface area (Å²) in [5, 5.41) is 12.1. The van der Waals surface area contributed by atoms with E-state index in [1.165, 1.54) is 36.1 Å². The van der Waals surface area contributed by atoms with E-state index < -0.39 is 5.97 Å². The number of amides is 1. The average Bonchev–Trinajstić information content (AvgIpc) is 3.06. The van der Waals surface area contributed by atoms with Crippen LogP contribution < -0.4 is 5.32 Å². The third kappa shape index (κ3) is 3.51. The molecule has 0 bridgehead atoms. The Morgan fingerprint density at radius 3 is 2.64 bits per heavy atom. The van der Waals surface area contributed by atoms with Gasteiger partial charge in [0.2, 0.25) is 0 Å². The van der Waals surface area contributed by atoms with Crippen molar-refractivity contribution in [3.05, 3.63) is 21.4 Å². The number of carboxylic acids is 1. The van der Waals surface area contributed by atoms with Gasteiger partial charge in [0.1, 0.15) is 0 Å². The molecule has 5 heteroatoms. The number of rotatable bonds is 3. The van der Waals surface area contributed by atoms with Crippen LogP contribution in [0, 0.1) is 5.92 Å². The molecule has 1 fully saturated rings. The minimum absolute atomic E-state index is 0.0123. The standard InChI is InChI=1S/C17H23NO3S/c19-16(18-13-8-7-12(9-13)17(20)21)15-10-11-5-3-1-2-4-6-14(11)22-15/h10,12-13H,1-9H2,(H,18,19)(H,20,21)/t12-,13+/m0/s1. The van der Waals surface area contributed by atoms with E-state index in [4.69, 9.17) is 5.11 Å². The maximum atomic E-state index is 12.4. The number of aryl methyl sites for hydroxylation is 2. The van der Waals surface area contributed by atoms with E-state index in [0.29, 0.717) is 12.8 Å². The highest BCUT2D eigenvalue weighted by atomic mass is 32.1. The van der Waals surface area contributed by atoms with Gasteiger partial charge in [0.15, 0.2) is 0 Å². The summed E-state index contributed by atoms with van der Waals surface area (Å²) in [6, 6.07) is 2.07. The van der Waals surface area contributed by atoms with Crippen LogP contribution in [0.2, 0.25) is 0 Å². The van der Waals surface area contributed by atoms with Crippen molar-refractivity contribution in [3.63, 3.8) is 0 Å².